The predicted octanol–water partition coefficient (Wildman–Crippen LogP) is 2.64. The third-order valence-electron chi connectivity index (χ3n) is 5.47. The normalized spacial score (nSPS) is 24.5. The topological polar surface area (TPSA) is 43.8 Å². The summed E-state index contributed by atoms with van der Waals surface area (Å²) in [6, 6.07) is 9.08. The molecule has 4 nitrogen and oxygen atoms in total. The fourth-order valence-corrected chi connectivity index (χ4v) is 3.93. The minimum absolute atomic E-state index is 0.00280. The first-order valence-corrected chi connectivity index (χ1v) is 9.16. The summed E-state index contributed by atoms with van der Waals surface area (Å²) < 4.78 is 39.3. The van der Waals surface area contributed by atoms with Gasteiger partial charge in [-0.2, -0.15) is 13.2 Å². The minimum Gasteiger partial charge on any atom is -0.395 e. The van der Waals surface area contributed by atoms with Crippen LogP contribution in [0.15, 0.2) is 30.3 Å². The molecule has 2 atom stereocenters. The highest BCUT2D eigenvalue weighted by Crippen LogP contribution is 2.46. The molecule has 1 saturated heterocycles. The zero-order chi connectivity index (χ0) is 18.7. The van der Waals surface area contributed by atoms with Gasteiger partial charge in [0.25, 0.3) is 0 Å². The van der Waals surface area contributed by atoms with Crippen LogP contribution >= 0.6 is 0 Å². The number of halogens is 3. The Labute approximate surface area is 151 Å². The average Bonchev–Trinajstić information content (AvgIpc) is 3.41. The summed E-state index contributed by atoms with van der Waals surface area (Å²) in [7, 11) is 0. The monoisotopic (exact) mass is 370 g/mol. The Kier molecular flexibility index (Phi) is 5.87. The average molecular weight is 370 g/mol. The predicted molar refractivity (Wildman–Crippen MR) is 91.6 cm³/mol. The summed E-state index contributed by atoms with van der Waals surface area (Å²) in [6.45, 7) is 2.36. The van der Waals surface area contributed by atoms with Crippen LogP contribution in [0.25, 0.3) is 0 Å². The molecule has 0 aromatic heterocycles. The fourth-order valence-electron chi connectivity index (χ4n) is 3.93. The molecule has 2 fully saturated rings. The van der Waals surface area contributed by atoms with E-state index < -0.39 is 12.1 Å². The zero-order valence-electron chi connectivity index (χ0n) is 14.7. The van der Waals surface area contributed by atoms with Crippen LogP contribution in [0.1, 0.15) is 30.7 Å². The molecule has 26 heavy (non-hydrogen) atoms. The Bertz CT molecular complexity index is 601. The largest absolute Gasteiger partial charge is 0.471 e. The van der Waals surface area contributed by atoms with Gasteiger partial charge in [-0.05, 0) is 43.8 Å². The number of piperidine rings is 1. The van der Waals surface area contributed by atoms with E-state index in [9.17, 15) is 18.0 Å². The summed E-state index contributed by atoms with van der Waals surface area (Å²) in [5.74, 6) is -1.64. The van der Waals surface area contributed by atoms with Gasteiger partial charge in [0.2, 0.25) is 0 Å². The van der Waals surface area contributed by atoms with E-state index >= 15 is 0 Å². The van der Waals surface area contributed by atoms with Gasteiger partial charge in [0.05, 0.1) is 6.61 Å². The number of carbonyl (C=O) groups is 1. The number of rotatable bonds is 6. The van der Waals surface area contributed by atoms with Gasteiger partial charge in [0.1, 0.15) is 0 Å². The van der Waals surface area contributed by atoms with Gasteiger partial charge in [-0.15, -0.1) is 0 Å². The van der Waals surface area contributed by atoms with Crippen molar-refractivity contribution in [1.82, 2.24) is 9.80 Å². The molecule has 0 radical (unpaired) electrons. The number of alkyl halides is 3. The lowest BCUT2D eigenvalue weighted by atomic mass is 9.96. The van der Waals surface area contributed by atoms with Crippen molar-refractivity contribution in [2.24, 2.45) is 5.92 Å². The second-order valence-corrected chi connectivity index (χ2v) is 7.28. The van der Waals surface area contributed by atoms with E-state index in [2.05, 4.69) is 4.90 Å². The van der Waals surface area contributed by atoms with Gasteiger partial charge >= 0.3 is 12.1 Å². The maximum atomic E-state index is 13.1. The Morgan fingerprint density at radius 2 is 1.85 bits per heavy atom. The molecular formula is C19H25F3N2O2. The van der Waals surface area contributed by atoms with Crippen molar-refractivity contribution >= 4 is 5.91 Å². The van der Waals surface area contributed by atoms with E-state index in [1.54, 1.807) is 0 Å². The molecule has 1 amide bonds. The number of amides is 1. The number of benzene rings is 1. The highest BCUT2D eigenvalue weighted by atomic mass is 19.4. The summed E-state index contributed by atoms with van der Waals surface area (Å²) in [6.07, 6.45) is -2.73. The van der Waals surface area contributed by atoms with Crippen LogP contribution in [0.3, 0.4) is 0 Å². The maximum Gasteiger partial charge on any atom is 0.471 e. The molecule has 2 aliphatic rings. The van der Waals surface area contributed by atoms with Crippen LogP contribution in [-0.4, -0.2) is 65.8 Å². The molecule has 1 aromatic carbocycles. The van der Waals surface area contributed by atoms with Crippen molar-refractivity contribution < 1.29 is 23.1 Å². The molecular weight excluding hydrogens is 345 g/mol. The van der Waals surface area contributed by atoms with Crippen molar-refractivity contribution in [2.75, 3.05) is 32.8 Å². The Morgan fingerprint density at radius 1 is 1.19 bits per heavy atom. The molecule has 144 valence electrons. The van der Waals surface area contributed by atoms with Crippen molar-refractivity contribution in [3.63, 3.8) is 0 Å². The number of β-amino-alcohol motifs (C(OH)–C–C–N with tert-alkyl or cyclic N) is 1. The van der Waals surface area contributed by atoms with Crippen molar-refractivity contribution in [3.05, 3.63) is 35.9 Å². The number of nitrogens with zero attached hydrogens (tertiary/aromatic N) is 2. The summed E-state index contributed by atoms with van der Waals surface area (Å²) >= 11 is 0. The van der Waals surface area contributed by atoms with Crippen LogP contribution in [0.4, 0.5) is 13.2 Å². The fraction of sp³-hybridized carbons (Fsp3) is 0.632. The number of likely N-dealkylation sites (tertiary alicyclic amines) is 1. The molecule has 1 heterocycles. The maximum absolute atomic E-state index is 13.1. The number of aliphatic hydroxyl groups is 1. The van der Waals surface area contributed by atoms with Crippen LogP contribution < -0.4 is 0 Å². The lowest BCUT2D eigenvalue weighted by molar-refractivity contribution is -0.187. The van der Waals surface area contributed by atoms with E-state index in [1.807, 2.05) is 30.3 Å². The molecule has 7 heteroatoms. The highest BCUT2D eigenvalue weighted by Gasteiger charge is 2.52. The molecule has 1 aliphatic heterocycles. The van der Waals surface area contributed by atoms with Gasteiger partial charge in [-0.3, -0.25) is 4.79 Å². The van der Waals surface area contributed by atoms with Gasteiger partial charge in [0, 0.05) is 25.0 Å². The molecule has 1 aliphatic carbocycles. The smallest absolute Gasteiger partial charge is 0.395 e. The first kappa shape index (κ1) is 19.2. The Hall–Kier alpha value is -1.60. The van der Waals surface area contributed by atoms with Crippen LogP contribution in [0, 0.1) is 5.92 Å². The summed E-state index contributed by atoms with van der Waals surface area (Å²) in [4.78, 5) is 15.2. The number of hydrogen-bond acceptors (Lipinski definition) is 3. The van der Waals surface area contributed by atoms with E-state index in [1.165, 1.54) is 0 Å². The molecule has 1 saturated carbocycles. The standard InChI is InChI=1S/C19H25F3N2O2/c20-19(21,22)18(26)24(13-14-6-8-23(9-7-14)10-11-25)17-12-16(17)15-4-2-1-3-5-15/h1-5,14,16-17,25H,6-13H2. The van der Waals surface area contributed by atoms with E-state index in [0.29, 0.717) is 13.0 Å². The van der Waals surface area contributed by atoms with Gasteiger partial charge in [0.15, 0.2) is 0 Å². The van der Waals surface area contributed by atoms with E-state index in [-0.39, 0.29) is 31.0 Å². The number of aliphatic hydroxyl groups excluding tert-OH is 1. The van der Waals surface area contributed by atoms with Gasteiger partial charge in [-0.1, -0.05) is 30.3 Å². The molecule has 0 spiro atoms. The van der Waals surface area contributed by atoms with Crippen molar-refractivity contribution in [2.45, 2.75) is 37.4 Å². The third kappa shape index (κ3) is 4.57. The van der Waals surface area contributed by atoms with Crippen LogP contribution in [0.5, 0.6) is 0 Å². The molecule has 0 bridgehead atoms. The second kappa shape index (κ2) is 7.96. The zero-order valence-corrected chi connectivity index (χ0v) is 14.7. The molecule has 2 unspecified atom stereocenters. The second-order valence-electron chi connectivity index (χ2n) is 7.28. The summed E-state index contributed by atoms with van der Waals surface area (Å²) in [5.41, 5.74) is 0.996. The van der Waals surface area contributed by atoms with Crippen molar-refractivity contribution in [3.8, 4) is 0 Å². The molecule has 1 aromatic rings. The number of carbonyl (C=O) groups excluding carboxylic acids is 1. The summed E-state index contributed by atoms with van der Waals surface area (Å²) in [5, 5.41) is 8.99. The minimum atomic E-state index is -4.83. The van der Waals surface area contributed by atoms with Crippen molar-refractivity contribution in [1.29, 1.82) is 0 Å². The Balaban J connectivity index is 1.65. The first-order chi connectivity index (χ1) is 12.4. The molecule has 3 rings (SSSR count). The first-order valence-electron chi connectivity index (χ1n) is 9.16. The lowest BCUT2D eigenvalue weighted by Crippen LogP contribution is -2.47. The molecule has 1 N–H and O–H groups in total. The van der Waals surface area contributed by atoms with E-state index in [0.717, 1.165) is 36.4 Å². The highest BCUT2D eigenvalue weighted by molar-refractivity contribution is 5.82. The quantitative estimate of drug-likeness (QED) is 0.837. The van der Waals surface area contributed by atoms with Crippen LogP contribution in [-0.2, 0) is 4.79 Å². The number of hydrogen-bond donors (Lipinski definition) is 1. The third-order valence-corrected chi connectivity index (χ3v) is 5.47. The van der Waals surface area contributed by atoms with Gasteiger partial charge in [-0.25, -0.2) is 0 Å². The Morgan fingerprint density at radius 3 is 2.42 bits per heavy atom. The van der Waals surface area contributed by atoms with Gasteiger partial charge < -0.3 is 14.9 Å². The van der Waals surface area contributed by atoms with E-state index in [4.69, 9.17) is 5.11 Å². The van der Waals surface area contributed by atoms with Crippen LogP contribution in [0.2, 0.25) is 0 Å². The SMILES string of the molecule is O=C(N(CC1CCN(CCO)CC1)C1CC1c1ccccc1)C(F)(F)F. The lowest BCUT2D eigenvalue weighted by Gasteiger charge is -2.35.